The SMILES string of the molecule is O=C(NCC1CCNC1=O)c1ccc(-c2cnn(NCCc3cccc(F)c3)c2)nc1. The largest absolute Gasteiger partial charge is 0.356 e. The van der Waals surface area contributed by atoms with E-state index < -0.39 is 0 Å². The first-order chi connectivity index (χ1) is 15.1. The van der Waals surface area contributed by atoms with Crippen LogP contribution in [0.3, 0.4) is 0 Å². The van der Waals surface area contributed by atoms with Crippen molar-refractivity contribution in [3.63, 3.8) is 0 Å². The number of halogens is 1. The number of rotatable bonds is 8. The molecule has 3 heterocycles. The molecule has 31 heavy (non-hydrogen) atoms. The van der Waals surface area contributed by atoms with Gasteiger partial charge in [0.05, 0.1) is 29.6 Å². The summed E-state index contributed by atoms with van der Waals surface area (Å²) < 4.78 is 13.2. The van der Waals surface area contributed by atoms with Crippen LogP contribution in [0.15, 0.2) is 55.0 Å². The average Bonchev–Trinajstić information content (AvgIpc) is 3.41. The van der Waals surface area contributed by atoms with Crippen LogP contribution >= 0.6 is 0 Å². The number of carbonyl (C=O) groups is 2. The second-order valence-corrected chi connectivity index (χ2v) is 7.38. The second kappa shape index (κ2) is 9.38. The van der Waals surface area contributed by atoms with Gasteiger partial charge in [0, 0.05) is 31.4 Å². The Morgan fingerprint density at radius 2 is 2.16 bits per heavy atom. The van der Waals surface area contributed by atoms with E-state index in [9.17, 15) is 14.0 Å². The van der Waals surface area contributed by atoms with Crippen molar-refractivity contribution in [1.82, 2.24) is 25.5 Å². The van der Waals surface area contributed by atoms with Crippen LogP contribution in [0.25, 0.3) is 11.3 Å². The van der Waals surface area contributed by atoms with Gasteiger partial charge in [0.2, 0.25) is 5.91 Å². The number of pyridine rings is 1. The Morgan fingerprint density at radius 1 is 1.26 bits per heavy atom. The quantitative estimate of drug-likeness (QED) is 0.513. The van der Waals surface area contributed by atoms with E-state index in [4.69, 9.17) is 0 Å². The summed E-state index contributed by atoms with van der Waals surface area (Å²) in [6, 6.07) is 9.96. The van der Waals surface area contributed by atoms with Gasteiger partial charge in [-0.2, -0.15) is 9.89 Å². The summed E-state index contributed by atoms with van der Waals surface area (Å²) in [4.78, 5) is 29.8. The topological polar surface area (TPSA) is 101 Å². The molecule has 0 bridgehead atoms. The Morgan fingerprint density at radius 3 is 2.90 bits per heavy atom. The number of aromatic nitrogens is 3. The molecular formula is C22H23FN6O2. The fraction of sp³-hybridized carbons (Fsp3) is 0.273. The molecule has 1 aliphatic rings. The fourth-order valence-corrected chi connectivity index (χ4v) is 3.41. The number of nitrogens with zero attached hydrogens (tertiary/aromatic N) is 3. The molecule has 3 aromatic rings. The minimum atomic E-state index is -0.256. The molecule has 1 saturated heterocycles. The zero-order valence-corrected chi connectivity index (χ0v) is 16.8. The Labute approximate surface area is 178 Å². The summed E-state index contributed by atoms with van der Waals surface area (Å²) in [7, 11) is 0. The van der Waals surface area contributed by atoms with Crippen molar-refractivity contribution in [3.8, 4) is 11.3 Å². The van der Waals surface area contributed by atoms with Gasteiger partial charge in [0.25, 0.3) is 5.91 Å². The van der Waals surface area contributed by atoms with Crippen molar-refractivity contribution in [1.29, 1.82) is 0 Å². The number of hydrogen-bond acceptors (Lipinski definition) is 5. The molecule has 2 amide bonds. The minimum Gasteiger partial charge on any atom is -0.356 e. The Balaban J connectivity index is 1.29. The smallest absolute Gasteiger partial charge is 0.252 e. The summed E-state index contributed by atoms with van der Waals surface area (Å²) in [5.74, 6) is -0.690. The van der Waals surface area contributed by atoms with Gasteiger partial charge in [-0.15, -0.1) is 0 Å². The van der Waals surface area contributed by atoms with Crippen LogP contribution in [0.5, 0.6) is 0 Å². The van der Waals surface area contributed by atoms with Crippen LogP contribution in [-0.2, 0) is 11.2 Å². The summed E-state index contributed by atoms with van der Waals surface area (Å²) in [5.41, 5.74) is 5.96. The highest BCUT2D eigenvalue weighted by atomic mass is 19.1. The number of benzene rings is 1. The van der Waals surface area contributed by atoms with Crippen LogP contribution in [0, 0.1) is 11.7 Å². The molecular weight excluding hydrogens is 399 g/mol. The van der Waals surface area contributed by atoms with Crippen LogP contribution in [0.4, 0.5) is 4.39 Å². The van der Waals surface area contributed by atoms with E-state index in [0.717, 1.165) is 17.5 Å². The Bertz CT molecular complexity index is 1070. The third-order valence-electron chi connectivity index (χ3n) is 5.15. The highest BCUT2D eigenvalue weighted by Gasteiger charge is 2.24. The van der Waals surface area contributed by atoms with Crippen LogP contribution in [-0.4, -0.2) is 46.3 Å². The van der Waals surface area contributed by atoms with Gasteiger partial charge in [-0.3, -0.25) is 14.6 Å². The molecule has 1 fully saturated rings. The Kier molecular flexibility index (Phi) is 6.21. The van der Waals surface area contributed by atoms with Crippen LogP contribution < -0.4 is 16.1 Å². The molecule has 3 N–H and O–H groups in total. The molecule has 0 spiro atoms. The highest BCUT2D eigenvalue weighted by Crippen LogP contribution is 2.16. The first-order valence-electron chi connectivity index (χ1n) is 10.1. The van der Waals surface area contributed by atoms with Gasteiger partial charge in [0.1, 0.15) is 5.82 Å². The summed E-state index contributed by atoms with van der Waals surface area (Å²) in [6.45, 7) is 1.57. The predicted octanol–water partition coefficient (Wildman–Crippen LogP) is 1.74. The molecule has 1 atom stereocenters. The number of carbonyl (C=O) groups excluding carboxylic acids is 2. The third kappa shape index (κ3) is 5.25. The van der Waals surface area contributed by atoms with E-state index >= 15 is 0 Å². The van der Waals surface area contributed by atoms with Gasteiger partial charge in [-0.1, -0.05) is 12.1 Å². The van der Waals surface area contributed by atoms with E-state index in [0.29, 0.717) is 37.3 Å². The standard InChI is InChI=1S/C22H23FN6O2/c23-19-3-1-2-15(10-19)6-9-27-29-14-18(13-28-29)20-5-4-16(11-25-20)22(31)26-12-17-7-8-24-21(17)30/h1-5,10-11,13-14,17,27H,6-9,12H2,(H,24,30)(H,26,31). The van der Waals surface area contributed by atoms with Crippen LogP contribution in [0.1, 0.15) is 22.3 Å². The van der Waals surface area contributed by atoms with Crippen molar-refractivity contribution in [2.75, 3.05) is 25.1 Å². The lowest BCUT2D eigenvalue weighted by molar-refractivity contribution is -0.122. The molecule has 0 saturated carbocycles. The number of nitrogens with one attached hydrogen (secondary N) is 3. The molecule has 1 aromatic carbocycles. The maximum absolute atomic E-state index is 13.2. The van der Waals surface area contributed by atoms with Crippen LogP contribution in [0.2, 0.25) is 0 Å². The van der Waals surface area contributed by atoms with E-state index in [1.165, 1.54) is 18.3 Å². The van der Waals surface area contributed by atoms with E-state index in [2.05, 4.69) is 26.1 Å². The van der Waals surface area contributed by atoms with Gasteiger partial charge in [-0.25, -0.2) is 4.39 Å². The molecule has 1 aliphatic heterocycles. The van der Waals surface area contributed by atoms with Crippen molar-refractivity contribution in [2.24, 2.45) is 5.92 Å². The molecule has 160 valence electrons. The van der Waals surface area contributed by atoms with Crippen molar-refractivity contribution < 1.29 is 14.0 Å². The van der Waals surface area contributed by atoms with Crippen molar-refractivity contribution in [3.05, 3.63) is 71.9 Å². The summed E-state index contributed by atoms with van der Waals surface area (Å²) >= 11 is 0. The lowest BCUT2D eigenvalue weighted by Gasteiger charge is -2.09. The first-order valence-corrected chi connectivity index (χ1v) is 10.1. The molecule has 8 nitrogen and oxygen atoms in total. The number of amides is 2. The summed E-state index contributed by atoms with van der Waals surface area (Å²) in [6.07, 6.45) is 6.38. The monoisotopic (exact) mass is 422 g/mol. The lowest BCUT2D eigenvalue weighted by atomic mass is 10.1. The van der Waals surface area contributed by atoms with E-state index in [1.54, 1.807) is 35.4 Å². The average molecular weight is 422 g/mol. The van der Waals surface area contributed by atoms with Gasteiger partial charge in [-0.05, 0) is 42.7 Å². The van der Waals surface area contributed by atoms with Crippen molar-refractivity contribution in [2.45, 2.75) is 12.8 Å². The molecule has 0 radical (unpaired) electrons. The number of hydrogen-bond donors (Lipinski definition) is 3. The fourth-order valence-electron chi connectivity index (χ4n) is 3.41. The third-order valence-corrected chi connectivity index (χ3v) is 5.15. The molecule has 9 heteroatoms. The van der Waals surface area contributed by atoms with Crippen molar-refractivity contribution >= 4 is 11.8 Å². The minimum absolute atomic E-state index is 0.0182. The highest BCUT2D eigenvalue weighted by molar-refractivity contribution is 5.94. The Hall–Kier alpha value is -3.75. The maximum Gasteiger partial charge on any atom is 0.252 e. The van der Waals surface area contributed by atoms with E-state index in [1.807, 2.05) is 6.07 Å². The molecule has 2 aromatic heterocycles. The first kappa shape index (κ1) is 20.5. The van der Waals surface area contributed by atoms with Gasteiger partial charge >= 0.3 is 0 Å². The van der Waals surface area contributed by atoms with E-state index in [-0.39, 0.29) is 23.5 Å². The molecule has 1 unspecified atom stereocenters. The zero-order valence-electron chi connectivity index (χ0n) is 16.8. The van der Waals surface area contributed by atoms with Gasteiger partial charge in [0.15, 0.2) is 0 Å². The normalized spacial score (nSPS) is 15.5. The van der Waals surface area contributed by atoms with Gasteiger partial charge < -0.3 is 16.1 Å². The molecule has 4 rings (SSSR count). The summed E-state index contributed by atoms with van der Waals surface area (Å²) in [5, 5.41) is 9.79. The lowest BCUT2D eigenvalue weighted by Crippen LogP contribution is -2.32. The maximum atomic E-state index is 13.2. The second-order valence-electron chi connectivity index (χ2n) is 7.38. The predicted molar refractivity (Wildman–Crippen MR) is 113 cm³/mol. The zero-order chi connectivity index (χ0) is 21.6. The molecule has 0 aliphatic carbocycles.